The van der Waals surface area contributed by atoms with Crippen molar-refractivity contribution in [1.29, 1.82) is 5.26 Å². The second kappa shape index (κ2) is 10.2. The van der Waals surface area contributed by atoms with Gasteiger partial charge in [0.25, 0.3) is 0 Å². The van der Waals surface area contributed by atoms with Gasteiger partial charge in [-0.25, -0.2) is 9.79 Å². The predicted octanol–water partition coefficient (Wildman–Crippen LogP) is 3.29. The Balaban J connectivity index is 1.91. The molecule has 2 heterocycles. The number of aliphatic imine (C=N–C) groups is 1. The van der Waals surface area contributed by atoms with Crippen LogP contribution < -0.4 is 21.8 Å². The molecular formula is C28H33N7O. The fraction of sp³-hybridized carbons (Fsp3) is 0.357. The van der Waals surface area contributed by atoms with Gasteiger partial charge in [-0.1, -0.05) is 23.8 Å². The quantitative estimate of drug-likeness (QED) is 0.338. The third-order valence-electron chi connectivity index (χ3n) is 6.78. The van der Waals surface area contributed by atoms with Crippen LogP contribution in [0.15, 0.2) is 45.1 Å². The first kappa shape index (κ1) is 25.0. The molecule has 186 valence electrons. The standard InChI is InChI=1S/C28H33N7O/c1-17-11-20(4)26(21(5)12-17)33-25-15-24-23-14-19(3)18(2)13-22(23)7-9-34(24)28(36)35(25)10-8-31-27(30-6)32-16-29/h11-15H,7-10H2,1-6H3,(H2,30,31,32)/b33-25+. The Kier molecular flexibility index (Phi) is 7.11. The molecule has 0 saturated carbocycles. The number of hydrogen-bond acceptors (Lipinski definition) is 4. The second-order valence-electron chi connectivity index (χ2n) is 9.41. The molecule has 0 amide bonds. The Morgan fingerprint density at radius 2 is 1.72 bits per heavy atom. The number of nitriles is 1. The number of aryl methyl sites for hydroxylation is 6. The molecule has 0 bridgehead atoms. The number of nitrogens with zero attached hydrogens (tertiary/aromatic N) is 5. The molecule has 8 nitrogen and oxygen atoms in total. The van der Waals surface area contributed by atoms with Gasteiger partial charge >= 0.3 is 5.69 Å². The van der Waals surface area contributed by atoms with Crippen LogP contribution >= 0.6 is 0 Å². The summed E-state index contributed by atoms with van der Waals surface area (Å²) < 4.78 is 3.56. The fourth-order valence-electron chi connectivity index (χ4n) is 4.90. The van der Waals surface area contributed by atoms with Crippen LogP contribution in [0.1, 0.15) is 33.4 Å². The van der Waals surface area contributed by atoms with Gasteiger partial charge in [0.2, 0.25) is 12.2 Å². The van der Waals surface area contributed by atoms with Crippen LogP contribution in [-0.2, 0) is 19.5 Å². The number of hydrogen-bond donors (Lipinski definition) is 2. The smallest absolute Gasteiger partial charge is 0.330 e. The van der Waals surface area contributed by atoms with Crippen LogP contribution in [0.2, 0.25) is 0 Å². The van der Waals surface area contributed by atoms with Gasteiger partial charge in [0.05, 0.1) is 11.4 Å². The summed E-state index contributed by atoms with van der Waals surface area (Å²) in [5.74, 6) is 0.361. The average molecular weight is 484 g/mol. The molecule has 36 heavy (non-hydrogen) atoms. The zero-order valence-corrected chi connectivity index (χ0v) is 21.9. The predicted molar refractivity (Wildman–Crippen MR) is 143 cm³/mol. The summed E-state index contributed by atoms with van der Waals surface area (Å²) in [6.45, 7) is 11.8. The molecule has 0 atom stereocenters. The highest BCUT2D eigenvalue weighted by molar-refractivity contribution is 5.80. The number of aromatic nitrogens is 2. The van der Waals surface area contributed by atoms with Gasteiger partial charge in [-0.15, -0.1) is 4.99 Å². The molecule has 2 N–H and O–H groups in total. The highest BCUT2D eigenvalue weighted by Crippen LogP contribution is 2.30. The van der Waals surface area contributed by atoms with Gasteiger partial charge in [0.1, 0.15) is 5.49 Å². The largest absolute Gasteiger partial charge is 0.359 e. The molecule has 3 aromatic rings. The zero-order chi connectivity index (χ0) is 26.0. The molecule has 0 fully saturated rings. The molecule has 0 saturated heterocycles. The Hall–Kier alpha value is -4.12. The maximum absolute atomic E-state index is 13.8. The first-order valence-electron chi connectivity index (χ1n) is 12.2. The van der Waals surface area contributed by atoms with Crippen molar-refractivity contribution in [3.05, 3.63) is 79.7 Å². The van der Waals surface area contributed by atoms with E-state index in [4.69, 9.17) is 10.3 Å². The minimum absolute atomic E-state index is 0.0948. The van der Waals surface area contributed by atoms with Crippen LogP contribution in [0.25, 0.3) is 11.3 Å². The highest BCUT2D eigenvalue weighted by atomic mass is 16.1. The van der Waals surface area contributed by atoms with E-state index < -0.39 is 0 Å². The molecule has 0 spiro atoms. The Morgan fingerprint density at radius 3 is 2.39 bits per heavy atom. The zero-order valence-electron chi connectivity index (χ0n) is 21.9. The number of rotatable bonds is 4. The molecule has 8 heteroatoms. The highest BCUT2D eigenvalue weighted by Gasteiger charge is 2.20. The maximum Gasteiger partial charge on any atom is 0.330 e. The number of benzene rings is 2. The third kappa shape index (κ3) is 4.82. The molecule has 0 radical (unpaired) electrons. The molecule has 4 rings (SSSR count). The summed E-state index contributed by atoms with van der Waals surface area (Å²) in [7, 11) is 1.69. The van der Waals surface area contributed by atoms with Gasteiger partial charge < -0.3 is 10.6 Å². The number of nitrogens with one attached hydrogen (secondary N) is 2. The van der Waals surface area contributed by atoms with E-state index in [9.17, 15) is 4.79 Å². The van der Waals surface area contributed by atoms with Crippen molar-refractivity contribution in [2.45, 2.75) is 54.1 Å². The van der Waals surface area contributed by atoms with Crippen LogP contribution in [0.3, 0.4) is 0 Å². The Bertz CT molecular complexity index is 1510. The summed E-state index contributed by atoms with van der Waals surface area (Å²) >= 11 is 0. The van der Waals surface area contributed by atoms with E-state index in [-0.39, 0.29) is 5.69 Å². The van der Waals surface area contributed by atoms with Crippen molar-refractivity contribution in [2.24, 2.45) is 9.98 Å². The lowest BCUT2D eigenvalue weighted by Crippen LogP contribution is -2.45. The van der Waals surface area contributed by atoms with Crippen molar-refractivity contribution in [2.75, 3.05) is 13.6 Å². The van der Waals surface area contributed by atoms with E-state index in [1.807, 2.05) is 10.6 Å². The van der Waals surface area contributed by atoms with Gasteiger partial charge in [-0.05, 0) is 74.9 Å². The second-order valence-corrected chi connectivity index (χ2v) is 9.41. The lowest BCUT2D eigenvalue weighted by Gasteiger charge is -2.24. The normalized spacial score (nSPS) is 13.1. The first-order chi connectivity index (χ1) is 17.2. The van der Waals surface area contributed by atoms with Crippen LogP contribution in [-0.4, -0.2) is 28.7 Å². The Morgan fingerprint density at radius 1 is 1.03 bits per heavy atom. The molecule has 0 aliphatic carbocycles. The van der Waals surface area contributed by atoms with Gasteiger partial charge in [-0.2, -0.15) is 5.26 Å². The monoisotopic (exact) mass is 483 g/mol. The lowest BCUT2D eigenvalue weighted by atomic mass is 9.93. The van der Waals surface area contributed by atoms with Crippen molar-refractivity contribution in [1.82, 2.24) is 19.8 Å². The van der Waals surface area contributed by atoms with Gasteiger partial charge in [0, 0.05) is 38.3 Å². The summed E-state index contributed by atoms with van der Waals surface area (Å²) in [5.41, 5.74) is 10.4. The minimum Gasteiger partial charge on any atom is -0.359 e. The van der Waals surface area contributed by atoms with E-state index in [2.05, 4.69) is 74.5 Å². The minimum atomic E-state index is -0.0948. The van der Waals surface area contributed by atoms with Crippen LogP contribution in [0.5, 0.6) is 0 Å². The molecule has 2 aromatic carbocycles. The summed E-state index contributed by atoms with van der Waals surface area (Å²) in [6.07, 6.45) is 2.58. The summed E-state index contributed by atoms with van der Waals surface area (Å²) in [6, 6.07) is 10.7. The van der Waals surface area contributed by atoms with Crippen molar-refractivity contribution < 1.29 is 0 Å². The van der Waals surface area contributed by atoms with E-state index in [0.717, 1.165) is 34.5 Å². The first-order valence-corrected chi connectivity index (χ1v) is 12.2. The average Bonchev–Trinajstić information content (AvgIpc) is 2.83. The molecule has 0 unspecified atom stereocenters. The molecule has 1 aliphatic rings. The Labute approximate surface area is 211 Å². The van der Waals surface area contributed by atoms with E-state index in [1.165, 1.54) is 22.3 Å². The maximum atomic E-state index is 13.8. The van der Waals surface area contributed by atoms with Crippen LogP contribution in [0.4, 0.5) is 5.69 Å². The van der Waals surface area contributed by atoms with Crippen molar-refractivity contribution >= 4 is 11.6 Å². The molecule has 1 aromatic heterocycles. The third-order valence-corrected chi connectivity index (χ3v) is 6.78. The van der Waals surface area contributed by atoms with Gasteiger partial charge in [-0.3, -0.25) is 9.13 Å². The topological polar surface area (TPSA) is 99.5 Å². The summed E-state index contributed by atoms with van der Waals surface area (Å²) in [5, 5.41) is 14.8. The van der Waals surface area contributed by atoms with E-state index in [1.54, 1.807) is 17.8 Å². The number of fused-ring (bicyclic) bond motifs is 3. The van der Waals surface area contributed by atoms with Crippen molar-refractivity contribution in [3.8, 4) is 17.5 Å². The SMILES string of the molecule is CN/C(=N\C#N)NCCn1c(=O)n2c(c/c1=N\c1c(C)cc(C)cc1C)-c1cc(C)c(C)cc1CC2. The van der Waals surface area contributed by atoms with Crippen LogP contribution in [0, 0.1) is 46.1 Å². The summed E-state index contributed by atoms with van der Waals surface area (Å²) in [4.78, 5) is 22.6. The molecule has 1 aliphatic heterocycles. The lowest BCUT2D eigenvalue weighted by molar-refractivity contribution is 0.537. The van der Waals surface area contributed by atoms with E-state index in [0.29, 0.717) is 31.1 Å². The van der Waals surface area contributed by atoms with Gasteiger partial charge in [0.15, 0.2) is 0 Å². The van der Waals surface area contributed by atoms with Crippen molar-refractivity contribution in [3.63, 3.8) is 0 Å². The fourth-order valence-corrected chi connectivity index (χ4v) is 4.90. The number of guanidine groups is 1. The molecular weight excluding hydrogens is 450 g/mol. The van der Waals surface area contributed by atoms with E-state index >= 15 is 0 Å².